The van der Waals surface area contributed by atoms with E-state index in [1.165, 1.54) is 13.2 Å². The van der Waals surface area contributed by atoms with Crippen LogP contribution in [0.2, 0.25) is 0 Å². The number of benzene rings is 8. The molecule has 0 saturated carbocycles. The van der Waals surface area contributed by atoms with Gasteiger partial charge in [-0.2, -0.15) is 8.42 Å². The highest BCUT2D eigenvalue weighted by molar-refractivity contribution is 8.29. The molecule has 6 heterocycles. The van der Waals surface area contributed by atoms with Crippen LogP contribution < -0.4 is 43.4 Å². The molecule has 0 spiro atoms. The normalized spacial score (nSPS) is 16.6. The minimum atomic E-state index is -3.51. The molecule has 0 saturated heterocycles. The fraction of sp³-hybridized carbons (Fsp3) is 0.349. The highest BCUT2D eigenvalue weighted by Gasteiger charge is 2.40. The van der Waals surface area contributed by atoms with Gasteiger partial charge in [-0.1, -0.05) is 125 Å². The molecule has 0 radical (unpaired) electrons. The predicted molar refractivity (Wildman–Crippen MR) is 458 cm³/mol. The Morgan fingerprint density at radius 3 is 1.31 bits per heavy atom. The summed E-state index contributed by atoms with van der Waals surface area (Å²) in [6.07, 6.45) is 15.6. The zero-order valence-corrected chi connectivity index (χ0v) is 68.6. The second-order valence-corrected chi connectivity index (χ2v) is 38.2. The highest BCUT2D eigenvalue weighted by atomic mass is 32.8. The van der Waals surface area contributed by atoms with Crippen LogP contribution in [0.4, 0.5) is 45.5 Å². The van der Waals surface area contributed by atoms with Crippen molar-refractivity contribution >= 4 is 145 Å². The van der Waals surface area contributed by atoms with Gasteiger partial charge in [0.05, 0.1) is 79.0 Å². The van der Waals surface area contributed by atoms with Gasteiger partial charge < -0.3 is 33.9 Å². The molecule has 0 bridgehead atoms. The third kappa shape index (κ3) is 18.3. The molecule has 0 aliphatic carbocycles. The number of aryl methyl sites for hydroxylation is 2. The second-order valence-electron chi connectivity index (χ2n) is 29.5. The van der Waals surface area contributed by atoms with Gasteiger partial charge in [-0.3, -0.25) is 57.8 Å². The van der Waals surface area contributed by atoms with Crippen molar-refractivity contribution in [2.24, 2.45) is 15.0 Å². The summed E-state index contributed by atoms with van der Waals surface area (Å²) < 4.78 is 51.0. The van der Waals surface area contributed by atoms with E-state index in [1.807, 2.05) is 153 Å². The number of ether oxygens (including phenoxy) is 4. The van der Waals surface area contributed by atoms with Crippen molar-refractivity contribution in [3.8, 4) is 28.7 Å². The lowest BCUT2D eigenvalue weighted by atomic mass is 10.0. The molecule has 1 N–H and O–H groups in total. The van der Waals surface area contributed by atoms with Crippen molar-refractivity contribution in [3.63, 3.8) is 0 Å². The number of carbonyl (C=O) groups is 5. The first kappa shape index (κ1) is 83.1. The number of methoxy groups -OCH3 is 2. The summed E-state index contributed by atoms with van der Waals surface area (Å²) in [6.45, 7) is 12.6. The van der Waals surface area contributed by atoms with Crippen LogP contribution >= 0.6 is 0 Å². The minimum absolute atomic E-state index is 0. The standard InChI is InChI=1S/C50H49N5O6S2.C18H29NO4S3.C17H14N2O3.CH4/c1-30-17-38-40(51-26-36-21-33-11-7-9-13-42(33)54(36)48(38)57)24-44(30)60-28-31-18-32(20-35(19-31)53(4)47(56)15-16-50(2,3)63(6)62)29-61-46-25-41-39(23-45(46)59-5)49(58)55-37(27-52-41)22-34-12-8-10-14-43(34)55;1-7-14-10-15(13-23-26(6,21)22)12-16(11-14)19(4)17(20)8-9-18(2,3)25(5)24;1-22-16-7-12-13(8-15(16)20)18-9-11-6-10-4-2-3-5-14(10)19(11)17(12)21;/h7-14,17-20,23-27,36-37H,15-16,21-22,28-29H2,1-6H3;10-12H,7-9,13H2,1-6H3;2-5,7-9,11,20H,6H2,1H3;1H4/t36-,37-,63?;;11-;/m0.0./s1. The number of hydrogen-bond acceptors (Lipinski definition) is 18. The number of amides is 5. The smallest absolute Gasteiger partial charge is 0.264 e. The quantitative estimate of drug-likeness (QED) is 0.0621. The van der Waals surface area contributed by atoms with Crippen LogP contribution in [-0.2, 0) is 111 Å². The van der Waals surface area contributed by atoms with E-state index >= 15 is 0 Å². The van der Waals surface area contributed by atoms with E-state index in [1.54, 1.807) is 71.3 Å². The number of anilines is 5. The van der Waals surface area contributed by atoms with E-state index < -0.39 is 10.1 Å². The van der Waals surface area contributed by atoms with Crippen molar-refractivity contribution in [1.29, 1.82) is 0 Å². The van der Waals surface area contributed by atoms with Gasteiger partial charge in [0.15, 0.2) is 23.0 Å². The molecule has 0 fully saturated rings. The van der Waals surface area contributed by atoms with E-state index in [0.29, 0.717) is 88.8 Å². The fourth-order valence-electron chi connectivity index (χ4n) is 14.0. The largest absolute Gasteiger partial charge is 0.504 e. The highest BCUT2D eigenvalue weighted by Crippen LogP contribution is 2.45. The molecule has 8 aromatic rings. The number of fused-ring (bicyclic) bond motifs is 12. The molecule has 588 valence electrons. The van der Waals surface area contributed by atoms with Crippen molar-refractivity contribution in [2.75, 3.05) is 71.6 Å². The lowest BCUT2D eigenvalue weighted by Crippen LogP contribution is -2.37. The maximum absolute atomic E-state index is 14.0. The number of phenolic OH excluding ortho intramolecular Hbond substituents is 1. The van der Waals surface area contributed by atoms with Crippen LogP contribution in [-0.4, -0.2) is 136 Å². The number of aromatic hydroxyl groups is 1. The molecule has 21 nitrogen and oxygen atoms in total. The Morgan fingerprint density at radius 2 is 0.902 bits per heavy atom. The van der Waals surface area contributed by atoms with E-state index in [-0.39, 0.29) is 115 Å². The van der Waals surface area contributed by atoms with Crippen LogP contribution in [0.1, 0.15) is 143 Å². The van der Waals surface area contributed by atoms with Crippen LogP contribution in [0.25, 0.3) is 0 Å². The van der Waals surface area contributed by atoms with Gasteiger partial charge in [0.2, 0.25) is 11.8 Å². The van der Waals surface area contributed by atoms with Gasteiger partial charge >= 0.3 is 0 Å². The molecule has 26 heteroatoms. The Kier molecular flexibility index (Phi) is 25.7. The Balaban J connectivity index is 0.000000206. The summed E-state index contributed by atoms with van der Waals surface area (Å²) in [7, 11) is 2.56. The number of para-hydroxylation sites is 3. The molecule has 112 heavy (non-hydrogen) atoms. The summed E-state index contributed by atoms with van der Waals surface area (Å²) >= 11 is 11.0. The molecule has 0 aromatic heterocycles. The molecular formula is C86H96N8O13S5. The lowest BCUT2D eigenvalue weighted by molar-refractivity contribution is -0.119. The van der Waals surface area contributed by atoms with E-state index in [9.17, 15) is 37.5 Å². The Labute approximate surface area is 671 Å². The third-order valence-corrected chi connectivity index (χ3v) is 27.9. The average molecular weight is 1610 g/mol. The SMILES string of the molecule is C.CCc1cc(COS(C)(=O)=O)cc(N(C)C(=O)CCC(C)(C)S(C)=S)c1.COc1cc2c(cc1O)N=C[C@@H]1Cc3ccccc3N1C2=O.COc1cc2c(cc1OCc1cc(COc3cc4c(cc3C)C(=O)N3c5ccccc5C[C@H]3C=N4)cc(N(C)C(=O)CCC(C)(C)S(C)=S)c1)N=C[C@@H]1Cc3ccccc3N1C2=O. The predicted octanol–water partition coefficient (Wildman–Crippen LogP) is 15.2. The first-order chi connectivity index (χ1) is 52.8. The molecule has 5 atom stereocenters. The molecule has 5 amide bonds. The minimum Gasteiger partial charge on any atom is -0.504 e. The Bertz CT molecular complexity index is 5270. The van der Waals surface area contributed by atoms with Crippen molar-refractivity contribution < 1.29 is 60.6 Å². The third-order valence-electron chi connectivity index (χ3n) is 21.1. The van der Waals surface area contributed by atoms with Crippen molar-refractivity contribution in [1.82, 2.24) is 0 Å². The molecule has 8 aromatic carbocycles. The number of rotatable bonds is 22. The number of phenols is 1. The van der Waals surface area contributed by atoms with E-state index in [4.69, 9.17) is 55.5 Å². The summed E-state index contributed by atoms with van der Waals surface area (Å²) in [4.78, 5) is 89.9. The summed E-state index contributed by atoms with van der Waals surface area (Å²) in [5, 5.41) is 9.88. The van der Waals surface area contributed by atoms with Crippen LogP contribution in [0.5, 0.6) is 28.7 Å². The Morgan fingerprint density at radius 1 is 0.536 bits per heavy atom. The number of carbonyl (C=O) groups excluding carboxylic acids is 5. The lowest BCUT2D eigenvalue weighted by Gasteiger charge is -2.26. The number of hydrogen-bond donors (Lipinski definition) is 1. The molecule has 14 rings (SSSR count). The Hall–Kier alpha value is -9.83. The fourth-order valence-corrected chi connectivity index (χ4v) is 15.7. The van der Waals surface area contributed by atoms with Gasteiger partial charge in [0.25, 0.3) is 27.8 Å². The second kappa shape index (κ2) is 34.6. The average Bonchev–Trinajstić information content (AvgIpc) is 1.62. The van der Waals surface area contributed by atoms with Crippen LogP contribution in [0.15, 0.2) is 161 Å². The molecule has 6 aliphatic heterocycles. The van der Waals surface area contributed by atoms with Gasteiger partial charge in [-0.05, 0) is 150 Å². The van der Waals surface area contributed by atoms with Crippen molar-refractivity contribution in [3.05, 3.63) is 207 Å². The molecular weight excluding hydrogens is 1510 g/mol. The van der Waals surface area contributed by atoms with E-state index in [2.05, 4.69) is 38.8 Å². The van der Waals surface area contributed by atoms with Gasteiger partial charge in [-0.15, -0.1) is 18.9 Å². The molecule has 6 aliphatic rings. The van der Waals surface area contributed by atoms with Gasteiger partial charge in [-0.25, -0.2) is 0 Å². The van der Waals surface area contributed by atoms with Crippen LogP contribution in [0.3, 0.4) is 0 Å². The maximum Gasteiger partial charge on any atom is 0.264 e. The summed E-state index contributed by atoms with van der Waals surface area (Å²) in [5.41, 5.74) is 14.6. The summed E-state index contributed by atoms with van der Waals surface area (Å²) in [5.74, 6) is 1.31. The van der Waals surface area contributed by atoms with Crippen molar-refractivity contribution in [2.45, 2.75) is 148 Å². The van der Waals surface area contributed by atoms with E-state index in [0.717, 1.165) is 92.8 Å². The molecule has 2 unspecified atom stereocenters. The van der Waals surface area contributed by atoms with Gasteiger partial charge in [0, 0.05) is 121 Å². The monoisotopic (exact) mass is 1610 g/mol. The topological polar surface area (TPSA) is 239 Å². The summed E-state index contributed by atoms with van der Waals surface area (Å²) in [6, 6.07) is 45.1. The zero-order valence-electron chi connectivity index (χ0n) is 64.6. The number of nitrogens with zero attached hydrogens (tertiary/aromatic N) is 8. The van der Waals surface area contributed by atoms with Crippen LogP contribution in [0, 0.1) is 6.92 Å². The van der Waals surface area contributed by atoms with Gasteiger partial charge in [0.1, 0.15) is 19.0 Å². The first-order valence-electron chi connectivity index (χ1n) is 36.5. The first-order valence-corrected chi connectivity index (χ1v) is 43.5. The number of aliphatic imine (C=N–C) groups is 3. The zero-order chi connectivity index (χ0) is 79.5. The maximum atomic E-state index is 14.0.